The summed E-state index contributed by atoms with van der Waals surface area (Å²) in [4.78, 5) is 15.8. The van der Waals surface area contributed by atoms with Gasteiger partial charge in [-0.3, -0.25) is 4.79 Å². The van der Waals surface area contributed by atoms with Crippen molar-refractivity contribution in [2.24, 2.45) is 0 Å². The highest BCUT2D eigenvalue weighted by molar-refractivity contribution is 7.13. The lowest BCUT2D eigenvalue weighted by atomic mass is 10.2. The Morgan fingerprint density at radius 1 is 1.39 bits per heavy atom. The van der Waals surface area contributed by atoms with Crippen LogP contribution in [0.1, 0.15) is 6.92 Å². The number of halogens is 1. The van der Waals surface area contributed by atoms with Crippen LogP contribution in [-0.2, 0) is 4.79 Å². The van der Waals surface area contributed by atoms with Gasteiger partial charge in [-0.25, -0.2) is 9.37 Å². The fourth-order valence-electron chi connectivity index (χ4n) is 1.36. The van der Waals surface area contributed by atoms with Crippen molar-refractivity contribution < 1.29 is 9.18 Å². The SMILES string of the molecule is CC(Nc1ccc(F)cc1)C(=O)Nc1nccs1. The van der Waals surface area contributed by atoms with E-state index in [1.807, 2.05) is 0 Å². The van der Waals surface area contributed by atoms with E-state index in [0.29, 0.717) is 10.8 Å². The molecule has 2 aromatic rings. The minimum absolute atomic E-state index is 0.186. The van der Waals surface area contributed by atoms with Crippen LogP contribution < -0.4 is 10.6 Å². The molecule has 2 N–H and O–H groups in total. The molecule has 0 saturated carbocycles. The summed E-state index contributed by atoms with van der Waals surface area (Å²) < 4.78 is 12.7. The number of aromatic nitrogens is 1. The van der Waals surface area contributed by atoms with Crippen LogP contribution in [0.15, 0.2) is 35.8 Å². The minimum atomic E-state index is -0.431. The quantitative estimate of drug-likeness (QED) is 0.893. The standard InChI is InChI=1S/C12H12FN3OS/c1-8(11(17)16-12-14-6-7-18-12)15-10-4-2-9(13)3-5-10/h2-8,15H,1H3,(H,14,16,17). The number of benzene rings is 1. The molecule has 0 spiro atoms. The van der Waals surface area contributed by atoms with Gasteiger partial charge in [0.2, 0.25) is 5.91 Å². The van der Waals surface area contributed by atoms with E-state index in [9.17, 15) is 9.18 Å². The third-order valence-corrected chi connectivity index (χ3v) is 2.97. The lowest BCUT2D eigenvalue weighted by Gasteiger charge is -2.14. The first-order chi connectivity index (χ1) is 8.65. The van der Waals surface area contributed by atoms with Gasteiger partial charge in [0.05, 0.1) is 0 Å². The third-order valence-electron chi connectivity index (χ3n) is 2.28. The Kier molecular flexibility index (Phi) is 3.88. The molecule has 94 valence electrons. The van der Waals surface area contributed by atoms with Crippen LogP contribution in [0.4, 0.5) is 15.2 Å². The first-order valence-corrected chi connectivity index (χ1v) is 6.25. The van der Waals surface area contributed by atoms with Crippen LogP contribution in [0, 0.1) is 5.82 Å². The zero-order valence-corrected chi connectivity index (χ0v) is 10.5. The predicted octanol–water partition coefficient (Wildman–Crippen LogP) is 2.72. The molecule has 1 atom stereocenters. The van der Waals surface area contributed by atoms with E-state index in [1.165, 1.54) is 23.5 Å². The van der Waals surface area contributed by atoms with E-state index in [2.05, 4.69) is 15.6 Å². The largest absolute Gasteiger partial charge is 0.374 e. The van der Waals surface area contributed by atoms with E-state index >= 15 is 0 Å². The summed E-state index contributed by atoms with van der Waals surface area (Å²) in [6.45, 7) is 1.73. The maximum atomic E-state index is 12.7. The molecule has 4 nitrogen and oxygen atoms in total. The van der Waals surface area contributed by atoms with Crippen LogP contribution in [0.2, 0.25) is 0 Å². The fourth-order valence-corrected chi connectivity index (χ4v) is 1.89. The summed E-state index contributed by atoms with van der Waals surface area (Å²) in [7, 11) is 0. The first-order valence-electron chi connectivity index (χ1n) is 5.37. The van der Waals surface area contributed by atoms with Crippen LogP contribution in [0.25, 0.3) is 0 Å². The molecule has 0 radical (unpaired) electrons. The lowest BCUT2D eigenvalue weighted by molar-refractivity contribution is -0.116. The zero-order chi connectivity index (χ0) is 13.0. The maximum absolute atomic E-state index is 12.7. The van der Waals surface area contributed by atoms with Crippen molar-refractivity contribution in [3.63, 3.8) is 0 Å². The molecule has 18 heavy (non-hydrogen) atoms. The van der Waals surface area contributed by atoms with Crippen LogP contribution in [0.3, 0.4) is 0 Å². The summed E-state index contributed by atoms with van der Waals surface area (Å²) in [6.07, 6.45) is 1.62. The Morgan fingerprint density at radius 2 is 2.11 bits per heavy atom. The van der Waals surface area contributed by atoms with Crippen molar-refractivity contribution >= 4 is 28.1 Å². The van der Waals surface area contributed by atoms with E-state index in [-0.39, 0.29) is 11.7 Å². The topological polar surface area (TPSA) is 54.0 Å². The molecule has 0 fully saturated rings. The second-order valence-corrected chi connectivity index (χ2v) is 4.59. The highest BCUT2D eigenvalue weighted by atomic mass is 32.1. The van der Waals surface area contributed by atoms with Gasteiger partial charge in [-0.15, -0.1) is 11.3 Å². The van der Waals surface area contributed by atoms with Crippen LogP contribution in [-0.4, -0.2) is 16.9 Å². The monoisotopic (exact) mass is 265 g/mol. The molecule has 0 saturated heterocycles. The molecule has 0 aliphatic heterocycles. The summed E-state index contributed by atoms with van der Waals surface area (Å²) in [5, 5.41) is 8.01. The van der Waals surface area contributed by atoms with E-state index in [0.717, 1.165) is 0 Å². The zero-order valence-electron chi connectivity index (χ0n) is 9.68. The Balaban J connectivity index is 1.93. The van der Waals surface area contributed by atoms with Crippen LogP contribution in [0.5, 0.6) is 0 Å². The number of carbonyl (C=O) groups is 1. The highest BCUT2D eigenvalue weighted by Gasteiger charge is 2.13. The summed E-state index contributed by atoms with van der Waals surface area (Å²) >= 11 is 1.36. The Labute approximate surface area is 108 Å². The molecule has 1 heterocycles. The molecular weight excluding hydrogens is 253 g/mol. The van der Waals surface area contributed by atoms with Gasteiger partial charge in [-0.2, -0.15) is 0 Å². The van der Waals surface area contributed by atoms with Crippen molar-refractivity contribution in [1.82, 2.24) is 4.98 Å². The first kappa shape index (κ1) is 12.5. The van der Waals surface area contributed by atoms with Gasteiger partial charge < -0.3 is 10.6 Å². The molecule has 1 aromatic heterocycles. The fraction of sp³-hybridized carbons (Fsp3) is 0.167. The number of nitrogens with one attached hydrogen (secondary N) is 2. The van der Waals surface area contributed by atoms with Crippen molar-refractivity contribution in [2.45, 2.75) is 13.0 Å². The Hall–Kier alpha value is -1.95. The second kappa shape index (κ2) is 5.59. The molecule has 1 amide bonds. The van der Waals surface area contributed by atoms with Gasteiger partial charge in [-0.05, 0) is 31.2 Å². The van der Waals surface area contributed by atoms with Gasteiger partial charge in [0, 0.05) is 17.3 Å². The third kappa shape index (κ3) is 3.27. The molecule has 0 aliphatic carbocycles. The van der Waals surface area contributed by atoms with Crippen molar-refractivity contribution in [1.29, 1.82) is 0 Å². The van der Waals surface area contributed by atoms with Gasteiger partial charge in [0.1, 0.15) is 11.9 Å². The number of rotatable bonds is 4. The normalized spacial score (nSPS) is 11.9. The number of amides is 1. The summed E-state index contributed by atoms with van der Waals surface area (Å²) in [5.41, 5.74) is 0.693. The predicted molar refractivity (Wildman–Crippen MR) is 70.2 cm³/mol. The molecule has 1 unspecified atom stereocenters. The van der Waals surface area contributed by atoms with Crippen molar-refractivity contribution in [3.8, 4) is 0 Å². The second-order valence-electron chi connectivity index (χ2n) is 3.70. The number of hydrogen-bond donors (Lipinski definition) is 2. The number of anilines is 2. The summed E-state index contributed by atoms with van der Waals surface area (Å²) in [6, 6.07) is 5.42. The van der Waals surface area contributed by atoms with Crippen molar-refractivity contribution in [3.05, 3.63) is 41.7 Å². The smallest absolute Gasteiger partial charge is 0.248 e. The average molecular weight is 265 g/mol. The molecular formula is C12H12FN3OS. The maximum Gasteiger partial charge on any atom is 0.248 e. The van der Waals surface area contributed by atoms with Gasteiger partial charge >= 0.3 is 0 Å². The minimum Gasteiger partial charge on any atom is -0.374 e. The number of thiazole rings is 1. The molecule has 0 aliphatic rings. The van der Waals surface area contributed by atoms with E-state index < -0.39 is 6.04 Å². The highest BCUT2D eigenvalue weighted by Crippen LogP contribution is 2.13. The number of carbonyl (C=O) groups excluding carboxylic acids is 1. The molecule has 2 rings (SSSR count). The van der Waals surface area contributed by atoms with Crippen molar-refractivity contribution in [2.75, 3.05) is 10.6 Å². The Bertz CT molecular complexity index is 513. The summed E-state index contributed by atoms with van der Waals surface area (Å²) in [5.74, 6) is -0.491. The Morgan fingerprint density at radius 3 is 2.72 bits per heavy atom. The number of nitrogens with zero attached hydrogens (tertiary/aromatic N) is 1. The van der Waals surface area contributed by atoms with E-state index in [1.54, 1.807) is 30.6 Å². The van der Waals surface area contributed by atoms with Gasteiger partial charge in [0.15, 0.2) is 5.13 Å². The van der Waals surface area contributed by atoms with Gasteiger partial charge in [0.25, 0.3) is 0 Å². The van der Waals surface area contributed by atoms with Gasteiger partial charge in [-0.1, -0.05) is 0 Å². The lowest BCUT2D eigenvalue weighted by Crippen LogP contribution is -2.31. The molecule has 1 aromatic carbocycles. The number of hydrogen-bond acceptors (Lipinski definition) is 4. The van der Waals surface area contributed by atoms with E-state index in [4.69, 9.17) is 0 Å². The average Bonchev–Trinajstić information content (AvgIpc) is 2.85. The molecule has 0 bridgehead atoms. The molecule has 6 heteroatoms. The van der Waals surface area contributed by atoms with Crippen LogP contribution >= 0.6 is 11.3 Å².